The fourth-order valence-corrected chi connectivity index (χ4v) is 5.26. The van der Waals surface area contributed by atoms with Crippen molar-refractivity contribution in [3.63, 3.8) is 0 Å². The van der Waals surface area contributed by atoms with E-state index >= 15 is 0 Å². The first-order valence-corrected chi connectivity index (χ1v) is 11.5. The van der Waals surface area contributed by atoms with Gasteiger partial charge in [-0.05, 0) is 48.9 Å². The van der Waals surface area contributed by atoms with E-state index in [0.29, 0.717) is 50.4 Å². The number of aromatic amines is 1. The minimum absolute atomic E-state index is 0.0285. The summed E-state index contributed by atoms with van der Waals surface area (Å²) in [6, 6.07) is 7.01. The summed E-state index contributed by atoms with van der Waals surface area (Å²) in [5, 5.41) is 15.6. The molecule has 2 aliphatic heterocycles. The average Bonchev–Trinajstić information content (AvgIpc) is 3.53. The highest BCUT2D eigenvalue weighted by Gasteiger charge is 2.45. The van der Waals surface area contributed by atoms with Crippen LogP contribution in [0.15, 0.2) is 30.5 Å². The zero-order valence-corrected chi connectivity index (χ0v) is 19.5. The number of rotatable bonds is 4. The standard InChI is InChI=1S/C24H27F3N6O2/c1-31(2)22(34)19-14-33(23(35)21-5-8-29-30-21)13-18(19)15-6-9-32(10-7-15)17-4-3-16(12-28)20(11-17)24(25,26)27/h3-5,8,11,15,18-19H,6-7,9-10,13-14H2,1-2H3,(H,29,30). The molecule has 35 heavy (non-hydrogen) atoms. The molecule has 2 aromatic rings. The minimum atomic E-state index is -4.60. The summed E-state index contributed by atoms with van der Waals surface area (Å²) < 4.78 is 40.2. The number of hydrogen-bond donors (Lipinski definition) is 1. The van der Waals surface area contributed by atoms with Crippen LogP contribution in [0.4, 0.5) is 18.9 Å². The molecule has 1 aromatic carbocycles. The van der Waals surface area contributed by atoms with Gasteiger partial charge >= 0.3 is 6.18 Å². The molecule has 186 valence electrons. The number of nitriles is 1. The van der Waals surface area contributed by atoms with Gasteiger partial charge in [0.15, 0.2) is 0 Å². The zero-order valence-electron chi connectivity index (χ0n) is 19.5. The molecular weight excluding hydrogens is 461 g/mol. The van der Waals surface area contributed by atoms with Crippen molar-refractivity contribution in [3.05, 3.63) is 47.3 Å². The largest absolute Gasteiger partial charge is 0.417 e. The van der Waals surface area contributed by atoms with E-state index < -0.39 is 17.3 Å². The van der Waals surface area contributed by atoms with Gasteiger partial charge in [0.2, 0.25) is 5.91 Å². The first kappa shape index (κ1) is 24.6. The number of carbonyl (C=O) groups excluding carboxylic acids is 2. The Morgan fingerprint density at radius 3 is 2.46 bits per heavy atom. The number of alkyl halides is 3. The lowest BCUT2D eigenvalue weighted by Crippen LogP contribution is -2.41. The van der Waals surface area contributed by atoms with Crippen molar-refractivity contribution in [2.75, 3.05) is 45.2 Å². The topological polar surface area (TPSA) is 96.3 Å². The molecular formula is C24H27F3N6O2. The molecule has 2 amide bonds. The molecule has 3 heterocycles. The third-order valence-corrected chi connectivity index (χ3v) is 7.08. The quantitative estimate of drug-likeness (QED) is 0.714. The maximum atomic E-state index is 13.4. The number of H-pyrrole nitrogens is 1. The van der Waals surface area contributed by atoms with E-state index in [1.54, 1.807) is 42.1 Å². The number of piperidine rings is 1. The Morgan fingerprint density at radius 1 is 1.17 bits per heavy atom. The van der Waals surface area contributed by atoms with Gasteiger partial charge in [-0.2, -0.15) is 23.5 Å². The van der Waals surface area contributed by atoms with Crippen LogP contribution in [0.5, 0.6) is 0 Å². The van der Waals surface area contributed by atoms with Crippen molar-refractivity contribution in [3.8, 4) is 6.07 Å². The van der Waals surface area contributed by atoms with Gasteiger partial charge in [0, 0.05) is 52.2 Å². The predicted octanol–water partition coefficient (Wildman–Crippen LogP) is 2.99. The first-order chi connectivity index (χ1) is 16.6. The van der Waals surface area contributed by atoms with Crippen LogP contribution in [0.3, 0.4) is 0 Å². The van der Waals surface area contributed by atoms with Gasteiger partial charge in [-0.15, -0.1) is 0 Å². The smallest absolute Gasteiger partial charge is 0.372 e. The van der Waals surface area contributed by atoms with Crippen LogP contribution in [0.25, 0.3) is 0 Å². The lowest BCUT2D eigenvalue weighted by Gasteiger charge is -2.38. The number of likely N-dealkylation sites (tertiary alicyclic amines) is 1. The third kappa shape index (κ3) is 4.97. The number of hydrogen-bond acceptors (Lipinski definition) is 5. The molecule has 0 spiro atoms. The van der Waals surface area contributed by atoms with Crippen molar-refractivity contribution < 1.29 is 22.8 Å². The molecule has 0 bridgehead atoms. The number of aromatic nitrogens is 2. The van der Waals surface area contributed by atoms with E-state index in [-0.39, 0.29) is 29.6 Å². The number of anilines is 1. The third-order valence-electron chi connectivity index (χ3n) is 7.08. The van der Waals surface area contributed by atoms with Crippen molar-refractivity contribution in [1.82, 2.24) is 20.0 Å². The van der Waals surface area contributed by atoms with Crippen molar-refractivity contribution in [2.45, 2.75) is 19.0 Å². The predicted molar refractivity (Wildman–Crippen MR) is 121 cm³/mol. The van der Waals surface area contributed by atoms with Gasteiger partial charge in [-0.25, -0.2) is 0 Å². The SMILES string of the molecule is CN(C)C(=O)C1CN(C(=O)c2ccn[nH]2)CC1C1CCN(c2ccc(C#N)c(C(F)(F)F)c2)CC1. The zero-order chi connectivity index (χ0) is 25.3. The summed E-state index contributed by atoms with van der Waals surface area (Å²) in [5.41, 5.74) is -0.523. The number of nitrogens with one attached hydrogen (secondary N) is 1. The van der Waals surface area contributed by atoms with E-state index in [2.05, 4.69) is 10.2 Å². The van der Waals surface area contributed by atoms with Crippen molar-refractivity contribution >= 4 is 17.5 Å². The van der Waals surface area contributed by atoms with Gasteiger partial charge in [-0.1, -0.05) is 0 Å². The molecule has 0 radical (unpaired) electrons. The molecule has 2 fully saturated rings. The monoisotopic (exact) mass is 488 g/mol. The van der Waals surface area contributed by atoms with Gasteiger partial charge < -0.3 is 14.7 Å². The summed E-state index contributed by atoms with van der Waals surface area (Å²) >= 11 is 0. The minimum Gasteiger partial charge on any atom is -0.372 e. The second-order valence-corrected chi connectivity index (χ2v) is 9.35. The molecule has 4 rings (SSSR count). The Bertz CT molecular complexity index is 1120. The van der Waals surface area contributed by atoms with E-state index in [4.69, 9.17) is 5.26 Å². The Kier molecular flexibility index (Phi) is 6.74. The fraction of sp³-hybridized carbons (Fsp3) is 0.500. The lowest BCUT2D eigenvalue weighted by atomic mass is 9.78. The average molecular weight is 489 g/mol. The highest BCUT2D eigenvalue weighted by molar-refractivity contribution is 5.93. The summed E-state index contributed by atoms with van der Waals surface area (Å²) in [6.45, 7) is 1.83. The van der Waals surface area contributed by atoms with Crippen LogP contribution >= 0.6 is 0 Å². The highest BCUT2D eigenvalue weighted by atomic mass is 19.4. The normalized spacial score (nSPS) is 21.1. The number of amides is 2. The number of carbonyl (C=O) groups is 2. The number of nitrogens with zero attached hydrogens (tertiary/aromatic N) is 5. The van der Waals surface area contributed by atoms with Crippen LogP contribution < -0.4 is 4.90 Å². The number of benzene rings is 1. The maximum Gasteiger partial charge on any atom is 0.417 e. The van der Waals surface area contributed by atoms with E-state index in [0.717, 1.165) is 6.07 Å². The molecule has 2 aliphatic rings. The molecule has 8 nitrogen and oxygen atoms in total. The van der Waals surface area contributed by atoms with Crippen LogP contribution in [0.2, 0.25) is 0 Å². The van der Waals surface area contributed by atoms with Crippen molar-refractivity contribution in [2.24, 2.45) is 17.8 Å². The van der Waals surface area contributed by atoms with Gasteiger partial charge in [0.05, 0.1) is 23.1 Å². The Balaban J connectivity index is 1.48. The Morgan fingerprint density at radius 2 is 1.89 bits per heavy atom. The van der Waals surface area contributed by atoms with Crippen LogP contribution in [0, 0.1) is 29.1 Å². The Labute approximate surface area is 201 Å². The molecule has 11 heteroatoms. The molecule has 1 N–H and O–H groups in total. The molecule has 2 saturated heterocycles. The molecule has 1 aromatic heterocycles. The van der Waals surface area contributed by atoms with Gasteiger partial charge in [0.1, 0.15) is 5.69 Å². The van der Waals surface area contributed by atoms with Crippen LogP contribution in [-0.4, -0.2) is 72.1 Å². The van der Waals surface area contributed by atoms with Crippen LogP contribution in [0.1, 0.15) is 34.5 Å². The number of halogens is 3. The van der Waals surface area contributed by atoms with Crippen molar-refractivity contribution in [1.29, 1.82) is 5.26 Å². The molecule has 0 aliphatic carbocycles. The fourth-order valence-electron chi connectivity index (χ4n) is 5.26. The summed E-state index contributed by atoms with van der Waals surface area (Å²) in [4.78, 5) is 31.0. The highest BCUT2D eigenvalue weighted by Crippen LogP contribution is 2.39. The second-order valence-electron chi connectivity index (χ2n) is 9.35. The molecule has 2 atom stereocenters. The molecule has 0 saturated carbocycles. The van der Waals surface area contributed by atoms with E-state index in [1.165, 1.54) is 12.3 Å². The first-order valence-electron chi connectivity index (χ1n) is 11.5. The maximum absolute atomic E-state index is 13.4. The van der Waals surface area contributed by atoms with E-state index in [1.807, 2.05) is 4.90 Å². The molecule has 2 unspecified atom stereocenters. The van der Waals surface area contributed by atoms with Gasteiger partial charge in [-0.3, -0.25) is 14.7 Å². The summed E-state index contributed by atoms with van der Waals surface area (Å²) in [7, 11) is 3.40. The van der Waals surface area contributed by atoms with Crippen LogP contribution in [-0.2, 0) is 11.0 Å². The second kappa shape index (κ2) is 9.60. The Hall–Kier alpha value is -3.55. The van der Waals surface area contributed by atoms with E-state index in [9.17, 15) is 22.8 Å². The lowest BCUT2D eigenvalue weighted by molar-refractivity contribution is -0.137. The summed E-state index contributed by atoms with van der Waals surface area (Å²) in [5.74, 6) is -0.443. The van der Waals surface area contributed by atoms with Gasteiger partial charge in [0.25, 0.3) is 5.91 Å². The summed E-state index contributed by atoms with van der Waals surface area (Å²) in [6.07, 6.45) is -1.72.